The van der Waals surface area contributed by atoms with Gasteiger partial charge in [0.15, 0.2) is 0 Å². The van der Waals surface area contributed by atoms with Gasteiger partial charge < -0.3 is 15.0 Å². The molecule has 4 rings (SSSR count). The summed E-state index contributed by atoms with van der Waals surface area (Å²) in [6.45, 7) is 5.53. The van der Waals surface area contributed by atoms with Crippen LogP contribution in [-0.2, 0) is 28.7 Å². The van der Waals surface area contributed by atoms with Gasteiger partial charge in [0.25, 0.3) is 0 Å². The summed E-state index contributed by atoms with van der Waals surface area (Å²) < 4.78 is 73.2. The first-order chi connectivity index (χ1) is 16.0. The number of amides is 1. The molecule has 1 saturated heterocycles. The number of carbonyl (C=O) groups excluding carboxylic acids is 1. The first kappa shape index (κ1) is 25.4. The highest BCUT2D eigenvalue weighted by atomic mass is 19.4. The lowest BCUT2D eigenvalue weighted by molar-refractivity contribution is -0.146. The number of hydrogen-bond donors (Lipinski definition) is 1. The molecule has 4 atom stereocenters. The molecule has 1 N–H and O–H groups in total. The molecule has 4 nitrogen and oxygen atoms in total. The van der Waals surface area contributed by atoms with Crippen LogP contribution < -0.4 is 5.32 Å². The molecule has 0 spiro atoms. The summed E-state index contributed by atoms with van der Waals surface area (Å²) in [5, 5.41) is 3.32. The number of carbonyl (C=O) groups is 1. The van der Waals surface area contributed by atoms with E-state index in [1.165, 1.54) is 0 Å². The highest BCUT2D eigenvalue weighted by Gasteiger charge is 2.49. The third kappa shape index (κ3) is 4.96. The fourth-order valence-corrected chi connectivity index (χ4v) is 5.87. The van der Waals surface area contributed by atoms with Crippen molar-refractivity contribution in [3.63, 3.8) is 0 Å². The zero-order valence-corrected chi connectivity index (χ0v) is 19.7. The molecule has 2 aliphatic heterocycles. The second kappa shape index (κ2) is 9.72. The Morgan fingerprint density at radius 2 is 2.06 bits per heavy atom. The van der Waals surface area contributed by atoms with Crippen molar-refractivity contribution in [2.75, 3.05) is 26.3 Å². The average molecular weight is 489 g/mol. The number of benzene rings is 1. The fraction of sp³-hybridized carbons (Fsp3) is 0.720. The van der Waals surface area contributed by atoms with Gasteiger partial charge in [-0.3, -0.25) is 4.79 Å². The normalized spacial score (nSPS) is 30.0. The van der Waals surface area contributed by atoms with Crippen molar-refractivity contribution >= 4 is 5.91 Å². The Bertz CT molecular complexity index is 906. The molecular formula is C25H33F5N2O2. The van der Waals surface area contributed by atoms with E-state index in [1.807, 2.05) is 13.8 Å². The number of ether oxygens (including phenoxy) is 1. The molecule has 1 aliphatic carbocycles. The van der Waals surface area contributed by atoms with Crippen LogP contribution in [0.3, 0.4) is 0 Å². The fourth-order valence-electron chi connectivity index (χ4n) is 5.87. The molecular weight excluding hydrogens is 455 g/mol. The van der Waals surface area contributed by atoms with E-state index in [4.69, 9.17) is 4.74 Å². The van der Waals surface area contributed by atoms with E-state index in [0.29, 0.717) is 38.5 Å². The molecule has 1 saturated carbocycles. The van der Waals surface area contributed by atoms with E-state index in [0.717, 1.165) is 12.5 Å². The maximum atomic E-state index is 14.4. The second-order valence-corrected chi connectivity index (χ2v) is 10.4. The minimum absolute atomic E-state index is 0.0159. The summed E-state index contributed by atoms with van der Waals surface area (Å²) in [7, 11) is 0. The van der Waals surface area contributed by atoms with Crippen molar-refractivity contribution in [3.05, 3.63) is 34.6 Å². The predicted octanol–water partition coefficient (Wildman–Crippen LogP) is 4.89. The number of rotatable bonds is 5. The van der Waals surface area contributed by atoms with Crippen LogP contribution in [0.2, 0.25) is 0 Å². The first-order valence-electron chi connectivity index (χ1n) is 12.1. The Labute approximate surface area is 197 Å². The topological polar surface area (TPSA) is 41.6 Å². The van der Waals surface area contributed by atoms with Gasteiger partial charge in [0.1, 0.15) is 12.0 Å². The molecule has 2 unspecified atom stereocenters. The van der Waals surface area contributed by atoms with Crippen LogP contribution in [0, 0.1) is 23.1 Å². The largest absolute Gasteiger partial charge is 0.416 e. The standard InChI is InChI=1S/C25H33F5N2O2/c1-15(2)24(6-3-16(11-24)12-31-22-5-8-34-14-21(22)27)23(33)32-7-4-19-17(13-32)9-18(10-20(19)26)25(28,29)30/h9-10,15-16,21-22,31H,3-8,11-14H2,1-2H3/t16-,21?,22?,24+/m1/s1. The van der Waals surface area contributed by atoms with Crippen molar-refractivity contribution < 1.29 is 31.5 Å². The van der Waals surface area contributed by atoms with E-state index in [2.05, 4.69) is 5.32 Å². The smallest absolute Gasteiger partial charge is 0.378 e. The Morgan fingerprint density at radius 1 is 1.29 bits per heavy atom. The van der Waals surface area contributed by atoms with Crippen LogP contribution in [-0.4, -0.2) is 49.3 Å². The minimum Gasteiger partial charge on any atom is -0.378 e. The van der Waals surface area contributed by atoms with Gasteiger partial charge in [-0.25, -0.2) is 8.78 Å². The molecule has 2 heterocycles. The third-order valence-electron chi connectivity index (χ3n) is 8.03. The van der Waals surface area contributed by atoms with Gasteiger partial charge in [0, 0.05) is 25.7 Å². The summed E-state index contributed by atoms with van der Waals surface area (Å²) >= 11 is 0. The van der Waals surface area contributed by atoms with Gasteiger partial charge in [-0.15, -0.1) is 0 Å². The van der Waals surface area contributed by atoms with Gasteiger partial charge in [-0.05, 0) is 73.7 Å². The van der Waals surface area contributed by atoms with Crippen molar-refractivity contribution in [2.24, 2.45) is 17.3 Å². The van der Waals surface area contributed by atoms with Crippen LogP contribution in [0.15, 0.2) is 12.1 Å². The van der Waals surface area contributed by atoms with Gasteiger partial charge >= 0.3 is 6.18 Å². The predicted molar refractivity (Wildman–Crippen MR) is 117 cm³/mol. The molecule has 34 heavy (non-hydrogen) atoms. The molecule has 0 radical (unpaired) electrons. The van der Waals surface area contributed by atoms with Gasteiger partial charge in [0.2, 0.25) is 5.91 Å². The number of nitrogens with zero attached hydrogens (tertiary/aromatic N) is 1. The Balaban J connectivity index is 1.46. The lowest BCUT2D eigenvalue weighted by Crippen LogP contribution is -2.48. The molecule has 1 aromatic rings. The minimum atomic E-state index is -4.64. The van der Waals surface area contributed by atoms with E-state index >= 15 is 0 Å². The maximum Gasteiger partial charge on any atom is 0.416 e. The third-order valence-corrected chi connectivity index (χ3v) is 8.03. The zero-order valence-electron chi connectivity index (χ0n) is 19.7. The molecule has 1 amide bonds. The Hall–Kier alpha value is -1.74. The number of fused-ring (bicyclic) bond motifs is 1. The number of alkyl halides is 4. The van der Waals surface area contributed by atoms with Crippen molar-refractivity contribution in [3.8, 4) is 0 Å². The summed E-state index contributed by atoms with van der Waals surface area (Å²) in [6, 6.07) is 1.28. The van der Waals surface area contributed by atoms with Gasteiger partial charge in [-0.1, -0.05) is 13.8 Å². The monoisotopic (exact) mass is 488 g/mol. The summed E-state index contributed by atoms with van der Waals surface area (Å²) in [4.78, 5) is 15.4. The van der Waals surface area contributed by atoms with E-state index < -0.39 is 29.1 Å². The first-order valence-corrected chi connectivity index (χ1v) is 12.1. The van der Waals surface area contributed by atoms with Crippen molar-refractivity contribution in [1.29, 1.82) is 0 Å². The Kier molecular flexibility index (Phi) is 7.25. The second-order valence-electron chi connectivity index (χ2n) is 10.4. The van der Waals surface area contributed by atoms with Crippen LogP contribution in [0.4, 0.5) is 22.0 Å². The highest BCUT2D eigenvalue weighted by molar-refractivity contribution is 5.83. The maximum absolute atomic E-state index is 14.4. The molecule has 1 aromatic carbocycles. The van der Waals surface area contributed by atoms with E-state index in [-0.39, 0.29) is 61.0 Å². The lowest BCUT2D eigenvalue weighted by Gasteiger charge is -2.40. The van der Waals surface area contributed by atoms with Gasteiger partial charge in [-0.2, -0.15) is 13.2 Å². The zero-order chi connectivity index (χ0) is 24.7. The van der Waals surface area contributed by atoms with E-state index in [9.17, 15) is 26.7 Å². The van der Waals surface area contributed by atoms with Crippen LogP contribution in [0.5, 0.6) is 0 Å². The van der Waals surface area contributed by atoms with E-state index in [1.54, 1.807) is 4.90 Å². The van der Waals surface area contributed by atoms with Crippen molar-refractivity contribution in [1.82, 2.24) is 10.2 Å². The number of hydrogen-bond acceptors (Lipinski definition) is 3. The summed E-state index contributed by atoms with van der Waals surface area (Å²) in [5.41, 5.74) is -1.14. The quantitative estimate of drug-likeness (QED) is 0.601. The summed E-state index contributed by atoms with van der Waals surface area (Å²) in [6.07, 6.45) is -2.70. The van der Waals surface area contributed by atoms with Gasteiger partial charge in [0.05, 0.1) is 17.6 Å². The van der Waals surface area contributed by atoms with Crippen molar-refractivity contribution in [2.45, 2.75) is 70.9 Å². The molecule has 190 valence electrons. The van der Waals surface area contributed by atoms with Crippen LogP contribution >= 0.6 is 0 Å². The highest BCUT2D eigenvalue weighted by Crippen LogP contribution is 2.49. The number of nitrogens with one attached hydrogen (secondary N) is 1. The van der Waals surface area contributed by atoms with Crippen LogP contribution in [0.1, 0.15) is 56.2 Å². The summed E-state index contributed by atoms with van der Waals surface area (Å²) in [5.74, 6) is -0.668. The SMILES string of the molecule is CC(C)[C@]1(C(=O)N2CCc3c(F)cc(C(F)(F)F)cc3C2)CC[C@@H](CNC2CCOCC2F)C1. The van der Waals surface area contributed by atoms with Crippen LogP contribution in [0.25, 0.3) is 0 Å². The average Bonchev–Trinajstić information content (AvgIpc) is 3.23. The molecule has 0 bridgehead atoms. The molecule has 0 aromatic heterocycles. The lowest BCUT2D eigenvalue weighted by atomic mass is 9.73. The molecule has 3 aliphatic rings. The Morgan fingerprint density at radius 3 is 2.74 bits per heavy atom. The molecule has 9 heteroatoms. The number of halogens is 5. The molecule has 2 fully saturated rings.